The number of rotatable bonds is 5. The summed E-state index contributed by atoms with van der Waals surface area (Å²) in [7, 11) is 1.74. The van der Waals surface area contributed by atoms with E-state index in [1.54, 1.807) is 29.9 Å². The predicted octanol–water partition coefficient (Wildman–Crippen LogP) is 2.05. The van der Waals surface area contributed by atoms with E-state index in [0.29, 0.717) is 17.9 Å². The van der Waals surface area contributed by atoms with Gasteiger partial charge in [-0.3, -0.25) is 9.48 Å². The van der Waals surface area contributed by atoms with Crippen LogP contribution in [0, 0.1) is 5.82 Å². The van der Waals surface area contributed by atoms with Crippen molar-refractivity contribution >= 4 is 5.91 Å². The largest absolute Gasteiger partial charge is 0.349 e. The monoisotopic (exact) mass is 316 g/mol. The first kappa shape index (κ1) is 15.7. The Morgan fingerprint density at radius 1 is 1.26 bits per heavy atom. The van der Waals surface area contributed by atoms with Crippen molar-refractivity contribution in [2.24, 2.45) is 7.05 Å². The van der Waals surface area contributed by atoms with Gasteiger partial charge in [-0.25, -0.2) is 4.39 Å². The fraction of sp³-hybridized carbons (Fsp3) is 0.412. The summed E-state index contributed by atoms with van der Waals surface area (Å²) in [5.41, 5.74) is 1.96. The second-order valence-electron chi connectivity index (χ2n) is 5.85. The molecule has 1 aromatic heterocycles. The highest BCUT2D eigenvalue weighted by atomic mass is 19.1. The number of halogens is 1. The van der Waals surface area contributed by atoms with Crippen molar-refractivity contribution in [1.29, 1.82) is 0 Å². The molecule has 2 aromatic rings. The van der Waals surface area contributed by atoms with Gasteiger partial charge in [0.1, 0.15) is 11.5 Å². The van der Waals surface area contributed by atoms with Gasteiger partial charge in [0.05, 0.1) is 5.69 Å². The minimum Gasteiger partial charge on any atom is -0.349 e. The molecule has 1 N–H and O–H groups in total. The molecule has 5 nitrogen and oxygen atoms in total. The Bertz CT molecular complexity index is 674. The third-order valence-corrected chi connectivity index (χ3v) is 4.16. The van der Waals surface area contributed by atoms with Crippen molar-refractivity contribution < 1.29 is 9.18 Å². The molecule has 0 unspecified atom stereocenters. The van der Waals surface area contributed by atoms with Gasteiger partial charge < -0.3 is 10.2 Å². The van der Waals surface area contributed by atoms with Crippen molar-refractivity contribution in [3.8, 4) is 11.3 Å². The Labute approximate surface area is 135 Å². The standard InChI is InChI=1S/C17H21FN4O/c1-21-16(17(23)19-8-11-22-9-2-3-10-22)12-15(20-21)13-4-6-14(18)7-5-13/h4-7,12H,2-3,8-11H2,1H3,(H,19,23). The van der Waals surface area contributed by atoms with Crippen molar-refractivity contribution in [2.45, 2.75) is 12.8 Å². The highest BCUT2D eigenvalue weighted by molar-refractivity contribution is 5.93. The van der Waals surface area contributed by atoms with Gasteiger partial charge >= 0.3 is 0 Å². The average Bonchev–Trinajstić information content (AvgIpc) is 3.17. The van der Waals surface area contributed by atoms with Crippen LogP contribution in [0.25, 0.3) is 11.3 Å². The minimum atomic E-state index is -0.287. The van der Waals surface area contributed by atoms with Gasteiger partial charge in [-0.2, -0.15) is 5.10 Å². The molecule has 1 amide bonds. The van der Waals surface area contributed by atoms with Crippen molar-refractivity contribution in [3.63, 3.8) is 0 Å². The Morgan fingerprint density at radius 3 is 2.65 bits per heavy atom. The fourth-order valence-corrected chi connectivity index (χ4v) is 2.87. The molecule has 0 atom stereocenters. The van der Waals surface area contributed by atoms with Gasteiger partial charge in [-0.15, -0.1) is 0 Å². The maximum Gasteiger partial charge on any atom is 0.269 e. The van der Waals surface area contributed by atoms with E-state index in [-0.39, 0.29) is 11.7 Å². The lowest BCUT2D eigenvalue weighted by molar-refractivity contribution is 0.0940. The van der Waals surface area contributed by atoms with E-state index in [9.17, 15) is 9.18 Å². The van der Waals surface area contributed by atoms with Gasteiger partial charge in [0.25, 0.3) is 5.91 Å². The average molecular weight is 316 g/mol. The summed E-state index contributed by atoms with van der Waals surface area (Å²) in [5, 5.41) is 7.28. The predicted molar refractivity (Wildman–Crippen MR) is 86.6 cm³/mol. The van der Waals surface area contributed by atoms with Gasteiger partial charge in [0.15, 0.2) is 0 Å². The first-order chi connectivity index (χ1) is 11.1. The number of aryl methyl sites for hydroxylation is 1. The van der Waals surface area contributed by atoms with E-state index in [1.807, 2.05) is 0 Å². The maximum atomic E-state index is 13.0. The summed E-state index contributed by atoms with van der Waals surface area (Å²) in [5.74, 6) is -0.419. The molecule has 1 fully saturated rings. The number of carbonyl (C=O) groups is 1. The highest BCUT2D eigenvalue weighted by Crippen LogP contribution is 2.19. The van der Waals surface area contributed by atoms with E-state index < -0.39 is 0 Å². The molecular formula is C17H21FN4O. The third-order valence-electron chi connectivity index (χ3n) is 4.16. The zero-order valence-corrected chi connectivity index (χ0v) is 13.3. The van der Waals surface area contributed by atoms with E-state index in [4.69, 9.17) is 0 Å². The zero-order chi connectivity index (χ0) is 16.2. The molecule has 0 saturated carbocycles. The van der Waals surface area contributed by atoms with Gasteiger partial charge in [-0.05, 0) is 56.3 Å². The van der Waals surface area contributed by atoms with Crippen LogP contribution in [0.1, 0.15) is 23.3 Å². The molecule has 122 valence electrons. The summed E-state index contributed by atoms with van der Waals surface area (Å²) >= 11 is 0. The molecule has 2 heterocycles. The van der Waals surface area contributed by atoms with Crippen LogP contribution in [-0.4, -0.2) is 46.8 Å². The lowest BCUT2D eigenvalue weighted by atomic mass is 10.1. The van der Waals surface area contributed by atoms with Crippen LogP contribution < -0.4 is 5.32 Å². The molecule has 0 bridgehead atoms. The summed E-state index contributed by atoms with van der Waals surface area (Å²) in [4.78, 5) is 14.6. The molecule has 6 heteroatoms. The number of hydrogen-bond acceptors (Lipinski definition) is 3. The van der Waals surface area contributed by atoms with Crippen molar-refractivity contribution in [1.82, 2.24) is 20.0 Å². The Balaban J connectivity index is 1.62. The smallest absolute Gasteiger partial charge is 0.269 e. The quantitative estimate of drug-likeness (QED) is 0.918. The molecule has 0 spiro atoms. The first-order valence-electron chi connectivity index (χ1n) is 7.94. The molecule has 23 heavy (non-hydrogen) atoms. The van der Waals surface area contributed by atoms with Crippen LogP contribution in [0.15, 0.2) is 30.3 Å². The first-order valence-corrected chi connectivity index (χ1v) is 7.94. The normalized spacial score (nSPS) is 15.0. The summed E-state index contributed by atoms with van der Waals surface area (Å²) in [6, 6.07) is 7.83. The zero-order valence-electron chi connectivity index (χ0n) is 13.3. The third kappa shape index (κ3) is 3.76. The number of amides is 1. The number of hydrogen-bond donors (Lipinski definition) is 1. The molecule has 1 aromatic carbocycles. The van der Waals surface area contributed by atoms with Crippen LogP contribution in [0.3, 0.4) is 0 Å². The molecule has 0 radical (unpaired) electrons. The Hall–Kier alpha value is -2.21. The molecular weight excluding hydrogens is 295 g/mol. The lowest BCUT2D eigenvalue weighted by Gasteiger charge is -2.14. The minimum absolute atomic E-state index is 0.132. The molecule has 1 saturated heterocycles. The number of carbonyl (C=O) groups excluding carboxylic acids is 1. The Kier molecular flexibility index (Phi) is 4.71. The second-order valence-corrected chi connectivity index (χ2v) is 5.85. The van der Waals surface area contributed by atoms with Crippen LogP contribution in [-0.2, 0) is 7.05 Å². The molecule has 3 rings (SSSR count). The van der Waals surface area contributed by atoms with Gasteiger partial charge in [0, 0.05) is 25.7 Å². The topological polar surface area (TPSA) is 50.2 Å². The van der Waals surface area contributed by atoms with Gasteiger partial charge in [0.2, 0.25) is 0 Å². The second kappa shape index (κ2) is 6.91. The Morgan fingerprint density at radius 2 is 1.96 bits per heavy atom. The number of nitrogens with zero attached hydrogens (tertiary/aromatic N) is 3. The van der Waals surface area contributed by atoms with Crippen LogP contribution >= 0.6 is 0 Å². The van der Waals surface area contributed by atoms with E-state index in [0.717, 1.165) is 25.2 Å². The molecule has 0 aliphatic carbocycles. The van der Waals surface area contributed by atoms with Crippen LogP contribution in [0.5, 0.6) is 0 Å². The van der Waals surface area contributed by atoms with Crippen LogP contribution in [0.2, 0.25) is 0 Å². The fourth-order valence-electron chi connectivity index (χ4n) is 2.87. The van der Waals surface area contributed by atoms with Crippen molar-refractivity contribution in [3.05, 3.63) is 41.8 Å². The van der Waals surface area contributed by atoms with Gasteiger partial charge in [-0.1, -0.05) is 0 Å². The number of likely N-dealkylation sites (tertiary alicyclic amines) is 1. The van der Waals surface area contributed by atoms with E-state index >= 15 is 0 Å². The number of aromatic nitrogens is 2. The highest BCUT2D eigenvalue weighted by Gasteiger charge is 2.15. The molecule has 1 aliphatic heterocycles. The number of benzene rings is 1. The van der Waals surface area contributed by atoms with E-state index in [1.165, 1.54) is 25.0 Å². The van der Waals surface area contributed by atoms with E-state index in [2.05, 4.69) is 15.3 Å². The summed E-state index contributed by atoms with van der Waals surface area (Å²) in [6.45, 7) is 3.76. The van der Waals surface area contributed by atoms with Crippen LogP contribution in [0.4, 0.5) is 4.39 Å². The summed E-state index contributed by atoms with van der Waals surface area (Å²) in [6.07, 6.45) is 2.49. The summed E-state index contributed by atoms with van der Waals surface area (Å²) < 4.78 is 14.5. The number of nitrogens with one attached hydrogen (secondary N) is 1. The van der Waals surface area contributed by atoms with Crippen molar-refractivity contribution in [2.75, 3.05) is 26.2 Å². The lowest BCUT2D eigenvalue weighted by Crippen LogP contribution is -2.34. The maximum absolute atomic E-state index is 13.0. The SMILES string of the molecule is Cn1nc(-c2ccc(F)cc2)cc1C(=O)NCCN1CCCC1. The molecule has 1 aliphatic rings.